The molecule has 0 bridgehead atoms. The number of hydrogen-bond donors (Lipinski definition) is 3. The van der Waals surface area contributed by atoms with E-state index in [1.807, 2.05) is 44.2 Å². The van der Waals surface area contributed by atoms with Crippen LogP contribution in [0.25, 0.3) is 0 Å². The van der Waals surface area contributed by atoms with E-state index < -0.39 is 41.2 Å². The number of carbonyl (C=O) groups is 3. The number of carbonyl (C=O) groups excluding carboxylic acids is 2. The molecule has 9 nitrogen and oxygen atoms in total. The van der Waals surface area contributed by atoms with Gasteiger partial charge in [-0.1, -0.05) is 44.2 Å². The van der Waals surface area contributed by atoms with Gasteiger partial charge >= 0.3 is 5.97 Å². The molecule has 34 heavy (non-hydrogen) atoms. The quantitative estimate of drug-likeness (QED) is 0.301. The summed E-state index contributed by atoms with van der Waals surface area (Å²) < 4.78 is 0. The summed E-state index contributed by atoms with van der Waals surface area (Å²) >= 11 is 0. The van der Waals surface area contributed by atoms with Crippen molar-refractivity contribution >= 4 is 23.5 Å². The first-order valence-corrected chi connectivity index (χ1v) is 11.3. The number of rotatable bonds is 13. The number of benzene rings is 2. The van der Waals surface area contributed by atoms with E-state index in [2.05, 4.69) is 10.6 Å². The average Bonchev–Trinajstić information content (AvgIpc) is 2.78. The van der Waals surface area contributed by atoms with Crippen LogP contribution in [0.1, 0.15) is 49.0 Å². The number of aromatic carboxylic acids is 1. The second kappa shape index (κ2) is 13.1. The summed E-state index contributed by atoms with van der Waals surface area (Å²) in [7, 11) is 0. The van der Waals surface area contributed by atoms with E-state index in [-0.39, 0.29) is 11.5 Å². The van der Waals surface area contributed by atoms with Crippen molar-refractivity contribution in [2.24, 2.45) is 11.8 Å². The predicted octanol–water partition coefficient (Wildman–Crippen LogP) is 3.77. The van der Waals surface area contributed by atoms with Gasteiger partial charge in [-0.15, -0.1) is 0 Å². The number of nitrogens with one attached hydrogen (secondary N) is 2. The molecule has 2 aromatic rings. The van der Waals surface area contributed by atoms with E-state index >= 15 is 0 Å². The Morgan fingerprint density at radius 3 is 2.21 bits per heavy atom. The molecule has 0 radical (unpaired) electrons. The molecule has 0 fully saturated rings. The van der Waals surface area contributed by atoms with Gasteiger partial charge in [-0.25, -0.2) is 4.79 Å². The minimum atomic E-state index is -1.08. The third kappa shape index (κ3) is 9.01. The molecule has 0 aliphatic heterocycles. The molecule has 3 N–H and O–H groups in total. The van der Waals surface area contributed by atoms with Gasteiger partial charge in [0.1, 0.15) is 12.0 Å². The molecule has 2 aromatic carbocycles. The monoisotopic (exact) mass is 469 g/mol. The van der Waals surface area contributed by atoms with Gasteiger partial charge in [0.15, 0.2) is 0 Å². The maximum absolute atomic E-state index is 12.9. The first kappa shape index (κ1) is 26.5. The Kier molecular flexibility index (Phi) is 10.2. The number of aryl methyl sites for hydroxylation is 1. The smallest absolute Gasteiger partial charge is 0.335 e. The van der Waals surface area contributed by atoms with Gasteiger partial charge in [-0.2, -0.15) is 0 Å². The van der Waals surface area contributed by atoms with Crippen molar-refractivity contribution in [3.63, 3.8) is 0 Å². The molecule has 0 aliphatic carbocycles. The molecule has 2 atom stereocenters. The second-order valence-corrected chi connectivity index (χ2v) is 8.65. The lowest BCUT2D eigenvalue weighted by Crippen LogP contribution is -2.47. The zero-order chi connectivity index (χ0) is 25.1. The van der Waals surface area contributed by atoms with Crippen LogP contribution >= 0.6 is 0 Å². The number of anilines is 1. The Morgan fingerprint density at radius 1 is 1.00 bits per heavy atom. The van der Waals surface area contributed by atoms with Crippen LogP contribution in [0, 0.1) is 22.0 Å². The number of hydrogen-bond acceptors (Lipinski definition) is 5. The van der Waals surface area contributed by atoms with E-state index in [1.165, 1.54) is 24.3 Å². The Bertz CT molecular complexity index is 976. The maximum atomic E-state index is 12.9. The number of carboxylic acid groups (broad SMARTS) is 1. The highest BCUT2D eigenvalue weighted by atomic mass is 16.6. The van der Waals surface area contributed by atoms with Crippen LogP contribution in [0.2, 0.25) is 0 Å². The van der Waals surface area contributed by atoms with E-state index in [1.54, 1.807) is 0 Å². The summed E-state index contributed by atoms with van der Waals surface area (Å²) in [5, 5.41) is 25.6. The lowest BCUT2D eigenvalue weighted by Gasteiger charge is -2.22. The van der Waals surface area contributed by atoms with Crippen molar-refractivity contribution < 1.29 is 24.4 Å². The van der Waals surface area contributed by atoms with Crippen molar-refractivity contribution in [1.29, 1.82) is 0 Å². The summed E-state index contributed by atoms with van der Waals surface area (Å²) in [5.41, 5.74) is 1.57. The van der Waals surface area contributed by atoms with Crippen LogP contribution in [0.3, 0.4) is 0 Å². The lowest BCUT2D eigenvalue weighted by molar-refractivity contribution is -0.485. The fourth-order valence-electron chi connectivity index (χ4n) is 3.60. The van der Waals surface area contributed by atoms with Crippen molar-refractivity contribution in [3.05, 3.63) is 75.8 Å². The van der Waals surface area contributed by atoms with Crippen LogP contribution in [0.5, 0.6) is 0 Å². The molecule has 2 amide bonds. The predicted molar refractivity (Wildman–Crippen MR) is 128 cm³/mol. The van der Waals surface area contributed by atoms with Gasteiger partial charge in [0.25, 0.3) is 0 Å². The summed E-state index contributed by atoms with van der Waals surface area (Å²) in [6, 6.07) is 14.5. The van der Waals surface area contributed by atoms with Gasteiger partial charge in [-0.3, -0.25) is 19.7 Å². The van der Waals surface area contributed by atoms with Crippen LogP contribution in [-0.4, -0.2) is 40.4 Å². The number of carboxylic acids is 1. The molecule has 182 valence electrons. The van der Waals surface area contributed by atoms with Crippen molar-refractivity contribution in [3.8, 4) is 0 Å². The van der Waals surface area contributed by atoms with E-state index in [4.69, 9.17) is 5.11 Å². The van der Waals surface area contributed by atoms with Crippen LogP contribution in [0.4, 0.5) is 5.69 Å². The van der Waals surface area contributed by atoms with E-state index in [9.17, 15) is 24.5 Å². The highest BCUT2D eigenvalue weighted by molar-refractivity contribution is 5.98. The summed E-state index contributed by atoms with van der Waals surface area (Å²) in [4.78, 5) is 47.5. The molecule has 0 aliphatic rings. The SMILES string of the molecule is CC(C)CC(NC(=O)C(CCCc1ccccc1)C[N+](=O)[O-])C(=O)Nc1ccc(C(=O)O)cc1. The summed E-state index contributed by atoms with van der Waals surface area (Å²) in [5.74, 6) is -2.83. The zero-order valence-electron chi connectivity index (χ0n) is 19.4. The van der Waals surface area contributed by atoms with Gasteiger partial charge in [-0.05, 0) is 61.4 Å². The molecular formula is C25H31N3O6. The highest BCUT2D eigenvalue weighted by Crippen LogP contribution is 2.15. The first-order valence-electron chi connectivity index (χ1n) is 11.3. The van der Waals surface area contributed by atoms with Crippen molar-refractivity contribution in [2.45, 2.75) is 45.6 Å². The molecule has 0 saturated heterocycles. The largest absolute Gasteiger partial charge is 0.478 e. The first-order chi connectivity index (χ1) is 16.2. The van der Waals surface area contributed by atoms with Crippen molar-refractivity contribution in [1.82, 2.24) is 5.32 Å². The van der Waals surface area contributed by atoms with Gasteiger partial charge in [0.2, 0.25) is 18.4 Å². The van der Waals surface area contributed by atoms with Crippen LogP contribution < -0.4 is 10.6 Å². The van der Waals surface area contributed by atoms with Crippen LogP contribution in [0.15, 0.2) is 54.6 Å². The van der Waals surface area contributed by atoms with E-state index in [0.29, 0.717) is 31.4 Å². The fraction of sp³-hybridized carbons (Fsp3) is 0.400. The molecular weight excluding hydrogens is 438 g/mol. The molecule has 0 heterocycles. The van der Waals surface area contributed by atoms with Gasteiger partial charge < -0.3 is 15.7 Å². The minimum absolute atomic E-state index is 0.0810. The summed E-state index contributed by atoms with van der Waals surface area (Å²) in [6.45, 7) is 3.30. The Morgan fingerprint density at radius 2 is 1.65 bits per heavy atom. The lowest BCUT2D eigenvalue weighted by atomic mass is 9.97. The number of nitro groups is 1. The molecule has 2 unspecified atom stereocenters. The topological polar surface area (TPSA) is 139 Å². The molecule has 2 rings (SSSR count). The minimum Gasteiger partial charge on any atom is -0.478 e. The summed E-state index contributed by atoms with van der Waals surface area (Å²) in [6.07, 6.45) is 1.98. The molecule has 0 aromatic heterocycles. The molecule has 0 saturated carbocycles. The number of amides is 2. The zero-order valence-corrected chi connectivity index (χ0v) is 19.4. The Hall–Kier alpha value is -3.75. The van der Waals surface area contributed by atoms with E-state index in [0.717, 1.165) is 5.56 Å². The average molecular weight is 470 g/mol. The van der Waals surface area contributed by atoms with Gasteiger partial charge in [0, 0.05) is 10.6 Å². The maximum Gasteiger partial charge on any atom is 0.335 e. The van der Waals surface area contributed by atoms with Gasteiger partial charge in [0.05, 0.1) is 5.56 Å². The molecule has 0 spiro atoms. The van der Waals surface area contributed by atoms with Crippen molar-refractivity contribution in [2.75, 3.05) is 11.9 Å². The third-order valence-electron chi connectivity index (χ3n) is 5.34. The van der Waals surface area contributed by atoms with Crippen LogP contribution in [-0.2, 0) is 16.0 Å². The Balaban J connectivity index is 2.04. The second-order valence-electron chi connectivity index (χ2n) is 8.65. The normalized spacial score (nSPS) is 12.6. The highest BCUT2D eigenvalue weighted by Gasteiger charge is 2.29. The Labute approximate surface area is 198 Å². The number of nitrogens with zero attached hydrogens (tertiary/aromatic N) is 1. The standard InChI is InChI=1S/C25H31N3O6/c1-17(2)15-22(24(30)26-21-13-11-19(12-14-21)25(31)32)27-23(29)20(16-28(33)34)10-6-9-18-7-4-3-5-8-18/h3-5,7-8,11-14,17,20,22H,6,9-10,15-16H2,1-2H3,(H,26,30)(H,27,29)(H,31,32). The molecule has 9 heteroatoms. The fourth-order valence-corrected chi connectivity index (χ4v) is 3.60. The third-order valence-corrected chi connectivity index (χ3v) is 5.34.